The molecule has 1 N–H and O–H groups in total. The van der Waals surface area contributed by atoms with Crippen LogP contribution in [0.2, 0.25) is 0 Å². The number of rotatable bonds is 8. The Morgan fingerprint density at radius 3 is 2.50 bits per heavy atom. The van der Waals surface area contributed by atoms with E-state index in [1.165, 1.54) is 6.26 Å². The number of carbonyl (C=O) groups is 1. The van der Waals surface area contributed by atoms with Crippen LogP contribution in [0.25, 0.3) is 0 Å². The van der Waals surface area contributed by atoms with Gasteiger partial charge in [-0.1, -0.05) is 30.3 Å². The normalized spacial score (nSPS) is 11.4. The Bertz CT molecular complexity index is 468. The topological polar surface area (TPSA) is 63.2 Å². The molecule has 4 nitrogen and oxygen atoms in total. The van der Waals surface area contributed by atoms with Gasteiger partial charge in [-0.3, -0.25) is 4.79 Å². The van der Waals surface area contributed by atoms with Crippen molar-refractivity contribution in [2.75, 3.05) is 18.6 Å². The SMILES string of the molecule is CS(=O)(=O)CCCC(=O)CNCc1ccccc1. The summed E-state index contributed by atoms with van der Waals surface area (Å²) in [5.41, 5.74) is 1.13. The first-order valence-corrected chi connectivity index (χ1v) is 7.97. The smallest absolute Gasteiger partial charge is 0.147 e. The van der Waals surface area contributed by atoms with E-state index in [0.29, 0.717) is 25.9 Å². The third-order valence-corrected chi connectivity index (χ3v) is 3.50. The lowest BCUT2D eigenvalue weighted by Gasteiger charge is -2.04. The zero-order valence-electron chi connectivity index (χ0n) is 10.6. The molecule has 0 spiro atoms. The first-order chi connectivity index (χ1) is 8.47. The van der Waals surface area contributed by atoms with Crippen molar-refractivity contribution < 1.29 is 13.2 Å². The van der Waals surface area contributed by atoms with Crippen LogP contribution in [0.4, 0.5) is 0 Å². The van der Waals surface area contributed by atoms with Gasteiger partial charge in [0.05, 0.1) is 12.3 Å². The van der Waals surface area contributed by atoms with Gasteiger partial charge in [-0.25, -0.2) is 8.42 Å². The lowest BCUT2D eigenvalue weighted by Crippen LogP contribution is -2.22. The molecular formula is C13H19NO3S. The molecule has 0 saturated heterocycles. The van der Waals surface area contributed by atoms with E-state index in [1.54, 1.807) is 0 Å². The molecule has 0 fully saturated rings. The zero-order valence-corrected chi connectivity index (χ0v) is 11.4. The predicted molar refractivity (Wildman–Crippen MR) is 72.1 cm³/mol. The largest absolute Gasteiger partial charge is 0.306 e. The fraction of sp³-hybridized carbons (Fsp3) is 0.462. The number of hydrogen-bond donors (Lipinski definition) is 1. The number of nitrogens with one attached hydrogen (secondary N) is 1. The Balaban J connectivity index is 2.14. The molecule has 5 heteroatoms. The molecule has 100 valence electrons. The van der Waals surface area contributed by atoms with Gasteiger partial charge in [-0.2, -0.15) is 0 Å². The summed E-state index contributed by atoms with van der Waals surface area (Å²) < 4.78 is 21.8. The molecule has 0 aliphatic carbocycles. The highest BCUT2D eigenvalue weighted by Crippen LogP contribution is 1.98. The molecule has 0 atom stereocenters. The molecule has 1 aromatic carbocycles. The molecule has 0 aliphatic heterocycles. The quantitative estimate of drug-likeness (QED) is 0.769. The molecule has 0 aromatic heterocycles. The van der Waals surface area contributed by atoms with Crippen molar-refractivity contribution in [3.8, 4) is 0 Å². The molecule has 1 aromatic rings. The van der Waals surface area contributed by atoms with Crippen molar-refractivity contribution in [3.05, 3.63) is 35.9 Å². The summed E-state index contributed by atoms with van der Waals surface area (Å²) in [5.74, 6) is 0.131. The Hall–Kier alpha value is -1.20. The summed E-state index contributed by atoms with van der Waals surface area (Å²) >= 11 is 0. The van der Waals surface area contributed by atoms with E-state index in [1.807, 2.05) is 30.3 Å². The van der Waals surface area contributed by atoms with Gasteiger partial charge in [0.25, 0.3) is 0 Å². The summed E-state index contributed by atoms with van der Waals surface area (Å²) in [6.07, 6.45) is 1.91. The number of carbonyl (C=O) groups excluding carboxylic acids is 1. The fourth-order valence-corrected chi connectivity index (χ4v) is 2.23. The monoisotopic (exact) mass is 269 g/mol. The molecule has 0 radical (unpaired) electrons. The molecule has 1 rings (SSSR count). The third-order valence-electron chi connectivity index (χ3n) is 2.46. The molecule has 0 bridgehead atoms. The molecule has 0 saturated carbocycles. The highest BCUT2D eigenvalue weighted by atomic mass is 32.2. The van der Waals surface area contributed by atoms with E-state index < -0.39 is 9.84 Å². The van der Waals surface area contributed by atoms with Crippen LogP contribution in [0, 0.1) is 0 Å². The van der Waals surface area contributed by atoms with E-state index in [2.05, 4.69) is 5.32 Å². The summed E-state index contributed by atoms with van der Waals surface area (Å²) in [6.45, 7) is 0.942. The van der Waals surface area contributed by atoms with Crippen LogP contribution in [0.15, 0.2) is 30.3 Å². The minimum atomic E-state index is -2.96. The van der Waals surface area contributed by atoms with Crippen LogP contribution in [0.3, 0.4) is 0 Å². The Kier molecular flexibility index (Phi) is 6.01. The minimum Gasteiger partial charge on any atom is -0.306 e. The summed E-state index contributed by atoms with van der Waals surface area (Å²) in [5, 5.41) is 3.05. The number of Topliss-reactive ketones (excluding diaryl/α,β-unsaturated/α-hetero) is 1. The number of benzene rings is 1. The number of ketones is 1. The maximum atomic E-state index is 11.5. The molecule has 18 heavy (non-hydrogen) atoms. The van der Waals surface area contributed by atoms with E-state index in [4.69, 9.17) is 0 Å². The average Bonchev–Trinajstić information content (AvgIpc) is 2.28. The van der Waals surface area contributed by atoms with Gasteiger partial charge in [0.1, 0.15) is 15.6 Å². The number of hydrogen-bond acceptors (Lipinski definition) is 4. The summed E-state index contributed by atoms with van der Waals surface area (Å²) in [7, 11) is -2.96. The Morgan fingerprint density at radius 1 is 1.22 bits per heavy atom. The highest BCUT2D eigenvalue weighted by Gasteiger charge is 2.05. The second-order valence-electron chi connectivity index (χ2n) is 4.36. The Labute approximate surface area is 108 Å². The van der Waals surface area contributed by atoms with E-state index in [0.717, 1.165) is 5.56 Å². The maximum Gasteiger partial charge on any atom is 0.147 e. The van der Waals surface area contributed by atoms with E-state index in [-0.39, 0.29) is 11.5 Å². The zero-order chi connectivity index (χ0) is 13.4. The van der Waals surface area contributed by atoms with Gasteiger partial charge >= 0.3 is 0 Å². The van der Waals surface area contributed by atoms with Gasteiger partial charge in [0.15, 0.2) is 0 Å². The summed E-state index contributed by atoms with van der Waals surface area (Å²) in [4.78, 5) is 11.5. The third kappa shape index (κ3) is 7.19. The van der Waals surface area contributed by atoms with Crippen LogP contribution >= 0.6 is 0 Å². The van der Waals surface area contributed by atoms with Crippen LogP contribution in [0.1, 0.15) is 18.4 Å². The van der Waals surface area contributed by atoms with Gasteiger partial charge in [-0.15, -0.1) is 0 Å². The molecule has 0 aliphatic rings. The van der Waals surface area contributed by atoms with Gasteiger partial charge in [0, 0.05) is 19.2 Å². The first kappa shape index (κ1) is 14.9. The highest BCUT2D eigenvalue weighted by molar-refractivity contribution is 7.90. The average molecular weight is 269 g/mol. The van der Waals surface area contributed by atoms with Crippen molar-refractivity contribution in [3.63, 3.8) is 0 Å². The van der Waals surface area contributed by atoms with Gasteiger partial charge in [-0.05, 0) is 12.0 Å². The van der Waals surface area contributed by atoms with Crippen molar-refractivity contribution >= 4 is 15.6 Å². The van der Waals surface area contributed by atoms with Crippen LogP contribution < -0.4 is 5.32 Å². The van der Waals surface area contributed by atoms with Crippen molar-refractivity contribution in [2.24, 2.45) is 0 Å². The first-order valence-electron chi connectivity index (χ1n) is 5.91. The van der Waals surface area contributed by atoms with Gasteiger partial charge < -0.3 is 5.32 Å². The molecule has 0 amide bonds. The minimum absolute atomic E-state index is 0.0505. The molecule has 0 heterocycles. The van der Waals surface area contributed by atoms with Crippen LogP contribution in [0.5, 0.6) is 0 Å². The van der Waals surface area contributed by atoms with Gasteiger partial charge in [0.2, 0.25) is 0 Å². The van der Waals surface area contributed by atoms with Crippen molar-refractivity contribution in [1.29, 1.82) is 0 Å². The second kappa shape index (κ2) is 7.28. The fourth-order valence-electron chi connectivity index (χ4n) is 1.56. The van der Waals surface area contributed by atoms with Crippen molar-refractivity contribution in [1.82, 2.24) is 5.32 Å². The lowest BCUT2D eigenvalue weighted by atomic mass is 10.2. The molecule has 0 unspecified atom stereocenters. The second-order valence-corrected chi connectivity index (χ2v) is 6.62. The van der Waals surface area contributed by atoms with E-state index in [9.17, 15) is 13.2 Å². The van der Waals surface area contributed by atoms with E-state index >= 15 is 0 Å². The van der Waals surface area contributed by atoms with Crippen LogP contribution in [-0.2, 0) is 21.2 Å². The Morgan fingerprint density at radius 2 is 1.89 bits per heavy atom. The lowest BCUT2D eigenvalue weighted by molar-refractivity contribution is -0.118. The maximum absolute atomic E-state index is 11.5. The molecular weight excluding hydrogens is 250 g/mol. The number of sulfone groups is 1. The van der Waals surface area contributed by atoms with Crippen LogP contribution in [-0.4, -0.2) is 32.8 Å². The van der Waals surface area contributed by atoms with Crippen molar-refractivity contribution in [2.45, 2.75) is 19.4 Å². The predicted octanol–water partition coefficient (Wildman–Crippen LogP) is 1.17. The standard InChI is InChI=1S/C13H19NO3S/c1-18(16,17)9-5-8-13(15)11-14-10-12-6-3-2-4-7-12/h2-4,6-7,14H,5,8-11H2,1H3. The summed E-state index contributed by atoms with van der Waals surface area (Å²) in [6, 6.07) is 9.82.